The predicted molar refractivity (Wildman–Crippen MR) is 50.5 cm³/mol. The van der Waals surface area contributed by atoms with Crippen LogP contribution >= 0.6 is 0 Å². The Kier molecular flexibility index (Phi) is 3.87. The summed E-state index contributed by atoms with van der Waals surface area (Å²) < 4.78 is 23.1. The molecule has 0 aromatic heterocycles. The number of nitrogens with two attached hydrogens (primary N) is 1. The Hall–Kier alpha value is -0.620. The van der Waals surface area contributed by atoms with E-state index in [1.165, 1.54) is 0 Å². The number of hydrogen-bond donors (Lipinski definition) is 2. The second kappa shape index (κ2) is 4.06. The standard InChI is InChI=1S/C7H16N2O3S/c1-7(2,8)5-4-6(10)9-13(3,11)12/h4-5,8H2,1-3H3,(H,9,10). The first-order valence-corrected chi connectivity index (χ1v) is 5.79. The van der Waals surface area contributed by atoms with E-state index in [0.29, 0.717) is 6.42 Å². The number of amides is 1. The lowest BCUT2D eigenvalue weighted by atomic mass is 10.0. The summed E-state index contributed by atoms with van der Waals surface area (Å²) in [6.07, 6.45) is 1.52. The lowest BCUT2D eigenvalue weighted by molar-refractivity contribution is -0.119. The molecule has 6 heteroatoms. The Morgan fingerprint density at radius 3 is 2.23 bits per heavy atom. The van der Waals surface area contributed by atoms with Crippen LogP contribution in [0.1, 0.15) is 26.7 Å². The summed E-state index contributed by atoms with van der Waals surface area (Å²) in [5, 5.41) is 0. The molecule has 78 valence electrons. The zero-order valence-corrected chi connectivity index (χ0v) is 8.94. The molecule has 0 bridgehead atoms. The van der Waals surface area contributed by atoms with Crippen LogP contribution in [0.3, 0.4) is 0 Å². The number of hydrogen-bond acceptors (Lipinski definition) is 4. The molecule has 0 aliphatic rings. The van der Waals surface area contributed by atoms with E-state index >= 15 is 0 Å². The number of rotatable bonds is 4. The molecular weight excluding hydrogens is 192 g/mol. The highest BCUT2D eigenvalue weighted by molar-refractivity contribution is 7.89. The van der Waals surface area contributed by atoms with E-state index in [2.05, 4.69) is 0 Å². The molecule has 0 radical (unpaired) electrons. The molecule has 0 fully saturated rings. The maximum Gasteiger partial charge on any atom is 0.233 e. The molecule has 3 N–H and O–H groups in total. The van der Waals surface area contributed by atoms with Gasteiger partial charge >= 0.3 is 0 Å². The van der Waals surface area contributed by atoms with Gasteiger partial charge in [-0.05, 0) is 20.3 Å². The van der Waals surface area contributed by atoms with Gasteiger partial charge in [-0.2, -0.15) is 0 Å². The van der Waals surface area contributed by atoms with Crippen LogP contribution in [0, 0.1) is 0 Å². The van der Waals surface area contributed by atoms with Crippen LogP contribution < -0.4 is 10.5 Å². The van der Waals surface area contributed by atoms with Crippen molar-refractivity contribution in [1.82, 2.24) is 4.72 Å². The van der Waals surface area contributed by atoms with Gasteiger partial charge in [-0.25, -0.2) is 8.42 Å². The number of nitrogens with one attached hydrogen (secondary N) is 1. The fraction of sp³-hybridized carbons (Fsp3) is 0.857. The van der Waals surface area contributed by atoms with Crippen LogP contribution in [-0.2, 0) is 14.8 Å². The average Bonchev–Trinajstić information content (AvgIpc) is 1.78. The molecule has 13 heavy (non-hydrogen) atoms. The third kappa shape index (κ3) is 9.29. The van der Waals surface area contributed by atoms with Crippen LogP contribution in [0.15, 0.2) is 0 Å². The second-order valence-electron chi connectivity index (χ2n) is 3.79. The SMILES string of the molecule is CC(C)(N)CCC(=O)NS(C)(=O)=O. The summed E-state index contributed by atoms with van der Waals surface area (Å²) >= 11 is 0. The van der Waals surface area contributed by atoms with E-state index in [9.17, 15) is 13.2 Å². The Balaban J connectivity index is 3.92. The van der Waals surface area contributed by atoms with E-state index in [0.717, 1.165) is 6.26 Å². The van der Waals surface area contributed by atoms with E-state index in [1.807, 2.05) is 4.72 Å². The number of sulfonamides is 1. The van der Waals surface area contributed by atoms with Crippen LogP contribution in [0.4, 0.5) is 0 Å². The monoisotopic (exact) mass is 208 g/mol. The first kappa shape index (κ1) is 12.4. The van der Waals surface area contributed by atoms with Crippen LogP contribution in [0.25, 0.3) is 0 Å². The lowest BCUT2D eigenvalue weighted by Crippen LogP contribution is -2.35. The van der Waals surface area contributed by atoms with Crippen molar-refractivity contribution in [3.8, 4) is 0 Å². The molecule has 5 nitrogen and oxygen atoms in total. The molecule has 0 aromatic rings. The van der Waals surface area contributed by atoms with Crippen molar-refractivity contribution in [3.63, 3.8) is 0 Å². The smallest absolute Gasteiger partial charge is 0.233 e. The van der Waals surface area contributed by atoms with Gasteiger partial charge in [0, 0.05) is 12.0 Å². The molecule has 0 saturated heterocycles. The summed E-state index contributed by atoms with van der Waals surface area (Å²) in [7, 11) is -3.43. The first-order chi connectivity index (χ1) is 5.60. The van der Waals surface area contributed by atoms with Gasteiger partial charge in [0.25, 0.3) is 0 Å². The Bertz CT molecular complexity index is 277. The Morgan fingerprint density at radius 2 is 1.92 bits per heavy atom. The maximum atomic E-state index is 11.0. The number of carbonyl (C=O) groups excluding carboxylic acids is 1. The van der Waals surface area contributed by atoms with Crippen molar-refractivity contribution >= 4 is 15.9 Å². The molecule has 0 rings (SSSR count). The van der Waals surface area contributed by atoms with Crippen molar-refractivity contribution in [1.29, 1.82) is 0 Å². The van der Waals surface area contributed by atoms with Gasteiger partial charge in [0.1, 0.15) is 0 Å². The van der Waals surface area contributed by atoms with E-state index in [-0.39, 0.29) is 6.42 Å². The van der Waals surface area contributed by atoms with Gasteiger partial charge in [-0.1, -0.05) is 0 Å². The van der Waals surface area contributed by atoms with Gasteiger partial charge in [-0.15, -0.1) is 0 Å². The maximum absolute atomic E-state index is 11.0. The fourth-order valence-electron chi connectivity index (χ4n) is 0.694. The van der Waals surface area contributed by atoms with Gasteiger partial charge in [0.15, 0.2) is 0 Å². The van der Waals surface area contributed by atoms with E-state index in [4.69, 9.17) is 5.73 Å². The lowest BCUT2D eigenvalue weighted by Gasteiger charge is -2.17. The molecule has 0 saturated carbocycles. The van der Waals surface area contributed by atoms with Crippen molar-refractivity contribution in [2.75, 3.05) is 6.26 Å². The van der Waals surface area contributed by atoms with Gasteiger partial charge in [0.05, 0.1) is 6.26 Å². The molecule has 0 aliphatic heterocycles. The Labute approximate surface area is 78.7 Å². The zero-order valence-electron chi connectivity index (χ0n) is 8.12. The zero-order chi connectivity index (χ0) is 10.7. The highest BCUT2D eigenvalue weighted by atomic mass is 32.2. The van der Waals surface area contributed by atoms with Crippen LogP contribution in [0.2, 0.25) is 0 Å². The highest BCUT2D eigenvalue weighted by Crippen LogP contribution is 2.06. The molecule has 0 aromatic carbocycles. The van der Waals surface area contributed by atoms with Crippen molar-refractivity contribution in [3.05, 3.63) is 0 Å². The molecule has 0 aliphatic carbocycles. The second-order valence-corrected chi connectivity index (χ2v) is 5.53. The molecule has 0 spiro atoms. The van der Waals surface area contributed by atoms with Gasteiger partial charge in [0.2, 0.25) is 15.9 Å². The predicted octanol–water partition coefficient (Wildman–Crippen LogP) is -0.420. The Morgan fingerprint density at radius 1 is 1.46 bits per heavy atom. The van der Waals surface area contributed by atoms with Gasteiger partial charge in [-0.3, -0.25) is 9.52 Å². The van der Waals surface area contributed by atoms with E-state index in [1.54, 1.807) is 13.8 Å². The minimum absolute atomic E-state index is 0.122. The third-order valence-electron chi connectivity index (χ3n) is 1.30. The van der Waals surface area contributed by atoms with Crippen molar-refractivity contribution in [2.24, 2.45) is 5.73 Å². The number of carbonyl (C=O) groups is 1. The van der Waals surface area contributed by atoms with Crippen molar-refractivity contribution in [2.45, 2.75) is 32.2 Å². The minimum Gasteiger partial charge on any atom is -0.326 e. The van der Waals surface area contributed by atoms with E-state index < -0.39 is 21.5 Å². The van der Waals surface area contributed by atoms with Crippen LogP contribution in [-0.4, -0.2) is 26.1 Å². The first-order valence-electron chi connectivity index (χ1n) is 3.90. The minimum atomic E-state index is -3.43. The molecule has 1 amide bonds. The summed E-state index contributed by atoms with van der Waals surface area (Å²) in [5.74, 6) is -0.513. The summed E-state index contributed by atoms with van der Waals surface area (Å²) in [6, 6.07) is 0. The topological polar surface area (TPSA) is 89.3 Å². The van der Waals surface area contributed by atoms with Crippen molar-refractivity contribution < 1.29 is 13.2 Å². The summed E-state index contributed by atoms with van der Waals surface area (Å²) in [5.41, 5.74) is 5.17. The molecule has 0 heterocycles. The largest absolute Gasteiger partial charge is 0.326 e. The fourth-order valence-corrected chi connectivity index (χ4v) is 1.21. The van der Waals surface area contributed by atoms with Gasteiger partial charge < -0.3 is 5.73 Å². The quantitative estimate of drug-likeness (QED) is 0.656. The summed E-state index contributed by atoms with van der Waals surface area (Å²) in [4.78, 5) is 11.0. The molecular formula is C7H16N2O3S. The molecule has 0 unspecified atom stereocenters. The normalized spacial score (nSPS) is 12.6. The average molecular weight is 208 g/mol. The molecule has 0 atom stereocenters. The summed E-state index contributed by atoms with van der Waals surface area (Å²) in [6.45, 7) is 3.56. The third-order valence-corrected chi connectivity index (χ3v) is 1.89. The van der Waals surface area contributed by atoms with Crippen LogP contribution in [0.5, 0.6) is 0 Å². The highest BCUT2D eigenvalue weighted by Gasteiger charge is 2.14.